The summed E-state index contributed by atoms with van der Waals surface area (Å²) in [5.41, 5.74) is 9.42. The highest BCUT2D eigenvalue weighted by Crippen LogP contribution is 2.30. The van der Waals surface area contributed by atoms with Gasteiger partial charge in [0.15, 0.2) is 0 Å². The summed E-state index contributed by atoms with van der Waals surface area (Å²) >= 11 is 0. The zero-order valence-corrected chi connectivity index (χ0v) is 16.3. The summed E-state index contributed by atoms with van der Waals surface area (Å²) in [5.74, 6) is 0.656. The molecule has 0 radical (unpaired) electrons. The summed E-state index contributed by atoms with van der Waals surface area (Å²) < 4.78 is 9.82. The fraction of sp³-hybridized carbons (Fsp3) is 0.300. The minimum atomic E-state index is -0.270. The first kappa shape index (κ1) is 18.7. The second-order valence-electron chi connectivity index (χ2n) is 7.01. The molecule has 1 aromatic carbocycles. The van der Waals surface area contributed by atoms with Gasteiger partial charge in [-0.15, -0.1) is 0 Å². The highest BCUT2D eigenvalue weighted by atomic mass is 16.6. The van der Waals surface area contributed by atoms with E-state index in [9.17, 15) is 4.79 Å². The van der Waals surface area contributed by atoms with Crippen molar-refractivity contribution < 1.29 is 14.2 Å². The maximum atomic E-state index is 12.6. The number of ether oxygens (including phenoxy) is 1. The molecule has 0 unspecified atom stereocenters. The largest absolute Gasteiger partial charge is 0.497 e. The van der Waals surface area contributed by atoms with Crippen LogP contribution in [0, 0.1) is 6.92 Å². The van der Waals surface area contributed by atoms with Crippen LogP contribution in [0.2, 0.25) is 0 Å². The normalized spacial score (nSPS) is 16.1. The number of hydrogen-bond donors (Lipinski definition) is 2. The maximum absolute atomic E-state index is 12.6. The quantitative estimate of drug-likeness (QED) is 0.678. The Morgan fingerprint density at radius 3 is 2.90 bits per heavy atom. The van der Waals surface area contributed by atoms with Gasteiger partial charge < -0.3 is 20.7 Å². The summed E-state index contributed by atoms with van der Waals surface area (Å²) in [6.45, 7) is 3.10. The Kier molecular flexibility index (Phi) is 5.03. The van der Waals surface area contributed by atoms with Crippen molar-refractivity contribution in [3.05, 3.63) is 53.5 Å². The van der Waals surface area contributed by atoms with Crippen LogP contribution in [0.4, 0.5) is 17.2 Å². The van der Waals surface area contributed by atoms with E-state index in [1.165, 1.54) is 0 Å². The summed E-state index contributed by atoms with van der Waals surface area (Å²) in [7, 11) is 1.64. The molecule has 9 nitrogen and oxygen atoms in total. The Bertz CT molecular complexity index is 1030. The lowest BCUT2D eigenvalue weighted by Gasteiger charge is -2.16. The first-order chi connectivity index (χ1) is 14.0. The van der Waals surface area contributed by atoms with Gasteiger partial charge in [0.25, 0.3) is 5.91 Å². The lowest BCUT2D eigenvalue weighted by Crippen LogP contribution is -2.29. The number of aromatic nitrogens is 3. The van der Waals surface area contributed by atoms with Gasteiger partial charge in [-0.2, -0.15) is 0 Å². The van der Waals surface area contributed by atoms with Gasteiger partial charge in [0.05, 0.1) is 7.11 Å². The molecule has 29 heavy (non-hydrogen) atoms. The van der Waals surface area contributed by atoms with Gasteiger partial charge in [-0.05, 0) is 47.9 Å². The molecule has 1 atom stereocenters. The maximum Gasteiger partial charge on any atom is 0.280 e. The van der Waals surface area contributed by atoms with Crippen LogP contribution in [0.15, 0.2) is 41.0 Å². The number of carbonyl (C=O) groups is 1. The molecule has 1 fully saturated rings. The Morgan fingerprint density at radius 2 is 2.14 bits per heavy atom. The lowest BCUT2D eigenvalue weighted by molar-refractivity contribution is 0.0780. The van der Waals surface area contributed by atoms with Crippen molar-refractivity contribution >= 4 is 23.1 Å². The summed E-state index contributed by atoms with van der Waals surface area (Å²) in [6.07, 6.45) is 0.811. The van der Waals surface area contributed by atoms with Gasteiger partial charge in [-0.3, -0.25) is 9.78 Å². The van der Waals surface area contributed by atoms with Crippen LogP contribution in [0.25, 0.3) is 0 Å². The third-order valence-corrected chi connectivity index (χ3v) is 4.94. The predicted octanol–water partition coefficient (Wildman–Crippen LogP) is 2.74. The van der Waals surface area contributed by atoms with Gasteiger partial charge in [0, 0.05) is 47.8 Å². The number of carbonyl (C=O) groups excluding carboxylic acids is 1. The molecule has 1 aliphatic rings. The number of nitrogen functional groups attached to an aromatic ring is 1. The second kappa shape index (κ2) is 7.78. The molecule has 3 heterocycles. The number of rotatable bonds is 5. The SMILES string of the molecule is COc1cccc(Nc2cc(C)nc([C@@H]3CCN(C(=O)c4nonc4N)C3)c2)c1. The minimum Gasteiger partial charge on any atom is -0.497 e. The molecule has 3 aromatic rings. The van der Waals surface area contributed by atoms with Crippen LogP contribution in [0.3, 0.4) is 0 Å². The molecule has 0 aliphatic carbocycles. The minimum absolute atomic E-state index is 0.0110. The zero-order chi connectivity index (χ0) is 20.4. The standard InChI is InChI=1S/C20H22N6O3/c1-12-8-15(23-14-4-3-5-16(9-14)28-2)10-17(22-12)13-6-7-26(11-13)20(27)18-19(21)25-29-24-18/h3-5,8-10,13H,6-7,11H2,1-2H3,(H2,21,25)(H,22,23)/t13-/m1/s1. The molecule has 150 valence electrons. The molecule has 0 bridgehead atoms. The third-order valence-electron chi connectivity index (χ3n) is 4.94. The number of hydrogen-bond acceptors (Lipinski definition) is 8. The topological polar surface area (TPSA) is 119 Å². The van der Waals surface area contributed by atoms with Gasteiger partial charge in [-0.25, -0.2) is 4.63 Å². The molecule has 1 amide bonds. The number of anilines is 3. The van der Waals surface area contributed by atoms with Gasteiger partial charge >= 0.3 is 0 Å². The molecule has 9 heteroatoms. The van der Waals surface area contributed by atoms with E-state index in [1.807, 2.05) is 43.3 Å². The first-order valence-corrected chi connectivity index (χ1v) is 9.30. The number of aryl methyl sites for hydroxylation is 1. The first-order valence-electron chi connectivity index (χ1n) is 9.30. The van der Waals surface area contributed by atoms with Crippen LogP contribution < -0.4 is 15.8 Å². The van der Waals surface area contributed by atoms with Crippen molar-refractivity contribution in [3.8, 4) is 5.75 Å². The van der Waals surface area contributed by atoms with Crippen LogP contribution >= 0.6 is 0 Å². The molecule has 4 rings (SSSR count). The van der Waals surface area contributed by atoms with Gasteiger partial charge in [0.1, 0.15) is 5.75 Å². The molecule has 1 aliphatic heterocycles. The number of benzene rings is 1. The number of nitrogens with zero attached hydrogens (tertiary/aromatic N) is 4. The molecular weight excluding hydrogens is 372 g/mol. The third kappa shape index (κ3) is 3.98. The van der Waals surface area contributed by atoms with E-state index in [0.29, 0.717) is 13.1 Å². The predicted molar refractivity (Wildman–Crippen MR) is 107 cm³/mol. The van der Waals surface area contributed by atoms with E-state index in [4.69, 9.17) is 15.5 Å². The second-order valence-corrected chi connectivity index (χ2v) is 7.01. The molecule has 2 aromatic heterocycles. The Morgan fingerprint density at radius 1 is 1.28 bits per heavy atom. The summed E-state index contributed by atoms with van der Waals surface area (Å²) in [4.78, 5) is 19.0. The van der Waals surface area contributed by atoms with Gasteiger partial charge in [-0.1, -0.05) is 6.07 Å². The Balaban J connectivity index is 1.50. The molecule has 0 saturated carbocycles. The average Bonchev–Trinajstić information content (AvgIpc) is 3.36. The monoisotopic (exact) mass is 394 g/mol. The van der Waals surface area contributed by atoms with E-state index < -0.39 is 0 Å². The van der Waals surface area contributed by atoms with Gasteiger partial charge in [0.2, 0.25) is 11.5 Å². The van der Waals surface area contributed by atoms with Crippen molar-refractivity contribution in [2.75, 3.05) is 31.2 Å². The van der Waals surface area contributed by atoms with Crippen LogP contribution in [-0.4, -0.2) is 46.3 Å². The number of likely N-dealkylation sites (tertiary alicyclic amines) is 1. The highest BCUT2D eigenvalue weighted by Gasteiger charge is 2.31. The molecule has 3 N–H and O–H groups in total. The highest BCUT2D eigenvalue weighted by molar-refractivity contribution is 5.96. The summed E-state index contributed by atoms with van der Waals surface area (Å²) in [5, 5.41) is 10.5. The molecular formula is C20H22N6O3. The van der Waals surface area contributed by atoms with Crippen molar-refractivity contribution in [2.45, 2.75) is 19.3 Å². The number of amides is 1. The van der Waals surface area contributed by atoms with Crippen molar-refractivity contribution in [2.24, 2.45) is 0 Å². The Labute approximate surface area is 167 Å². The number of nitrogens with one attached hydrogen (secondary N) is 1. The lowest BCUT2D eigenvalue weighted by atomic mass is 10.0. The van der Waals surface area contributed by atoms with Crippen molar-refractivity contribution in [1.82, 2.24) is 20.2 Å². The van der Waals surface area contributed by atoms with E-state index in [1.54, 1.807) is 12.0 Å². The Hall–Kier alpha value is -3.62. The average molecular weight is 394 g/mol. The number of pyridine rings is 1. The summed E-state index contributed by atoms with van der Waals surface area (Å²) in [6, 6.07) is 11.8. The number of methoxy groups -OCH3 is 1. The van der Waals surface area contributed by atoms with Crippen LogP contribution in [0.1, 0.15) is 34.2 Å². The van der Waals surface area contributed by atoms with Crippen LogP contribution in [0.5, 0.6) is 5.75 Å². The van der Waals surface area contributed by atoms with Crippen molar-refractivity contribution in [1.29, 1.82) is 0 Å². The van der Waals surface area contributed by atoms with E-state index in [0.717, 1.165) is 34.9 Å². The van der Waals surface area contributed by atoms with Crippen molar-refractivity contribution in [3.63, 3.8) is 0 Å². The molecule has 0 spiro atoms. The van der Waals surface area contributed by atoms with E-state index in [-0.39, 0.29) is 23.3 Å². The van der Waals surface area contributed by atoms with E-state index in [2.05, 4.69) is 20.3 Å². The van der Waals surface area contributed by atoms with E-state index >= 15 is 0 Å². The smallest absolute Gasteiger partial charge is 0.280 e. The number of nitrogens with two attached hydrogens (primary N) is 1. The van der Waals surface area contributed by atoms with Crippen LogP contribution in [-0.2, 0) is 0 Å². The molecule has 1 saturated heterocycles. The fourth-order valence-corrected chi connectivity index (χ4v) is 3.52. The fourth-order valence-electron chi connectivity index (χ4n) is 3.52. The zero-order valence-electron chi connectivity index (χ0n) is 16.3.